The minimum Gasteiger partial charge on any atom is -0.396 e. The largest absolute Gasteiger partial charge is 0.396 e. The number of amides is 2. The van der Waals surface area contributed by atoms with E-state index in [2.05, 4.69) is 4.98 Å². The van der Waals surface area contributed by atoms with E-state index in [1.165, 1.54) is 11.3 Å². The number of piperidine rings is 1. The van der Waals surface area contributed by atoms with Gasteiger partial charge in [-0.15, -0.1) is 11.3 Å². The standard InChI is InChI=1S/C14H16N4O2S/c15-10-11-9(4-1-5-17-11)21-12(10)14(20)18-6-2-3-8(7-18)13(16)19/h1,4-5,8H,2-3,6-7,15H2,(H2,16,19). The molecule has 1 unspecified atom stereocenters. The van der Waals surface area contributed by atoms with Crippen molar-refractivity contribution in [1.82, 2.24) is 9.88 Å². The molecule has 2 aromatic rings. The average molecular weight is 304 g/mol. The Balaban J connectivity index is 1.90. The Labute approximate surface area is 125 Å². The van der Waals surface area contributed by atoms with Crippen LogP contribution in [0.1, 0.15) is 22.5 Å². The number of nitrogens with zero attached hydrogens (tertiary/aromatic N) is 2. The highest BCUT2D eigenvalue weighted by molar-refractivity contribution is 7.21. The van der Waals surface area contributed by atoms with E-state index in [9.17, 15) is 9.59 Å². The lowest BCUT2D eigenvalue weighted by Gasteiger charge is -2.31. The Morgan fingerprint density at radius 3 is 2.95 bits per heavy atom. The van der Waals surface area contributed by atoms with Crippen LogP contribution in [0.2, 0.25) is 0 Å². The average Bonchev–Trinajstić information content (AvgIpc) is 2.84. The zero-order valence-corrected chi connectivity index (χ0v) is 12.2. The van der Waals surface area contributed by atoms with E-state index in [0.717, 1.165) is 17.5 Å². The quantitative estimate of drug-likeness (QED) is 0.870. The number of primary amides is 1. The van der Waals surface area contributed by atoms with E-state index in [1.54, 1.807) is 11.1 Å². The molecule has 6 nitrogen and oxygen atoms in total. The maximum atomic E-state index is 12.6. The van der Waals surface area contributed by atoms with Crippen LogP contribution in [0, 0.1) is 5.92 Å². The predicted octanol–water partition coefficient (Wildman–Crippen LogP) is 1.22. The van der Waals surface area contributed by atoms with E-state index in [1.807, 2.05) is 12.1 Å². The van der Waals surface area contributed by atoms with Crippen molar-refractivity contribution >= 4 is 39.1 Å². The summed E-state index contributed by atoms with van der Waals surface area (Å²) in [4.78, 5) is 30.3. The van der Waals surface area contributed by atoms with Gasteiger partial charge in [0.25, 0.3) is 5.91 Å². The number of thiophene rings is 1. The number of aromatic nitrogens is 1. The molecule has 1 saturated heterocycles. The number of carbonyl (C=O) groups is 2. The lowest BCUT2D eigenvalue weighted by atomic mass is 9.97. The predicted molar refractivity (Wildman–Crippen MR) is 81.9 cm³/mol. The molecule has 1 aliphatic heterocycles. The zero-order chi connectivity index (χ0) is 15.0. The van der Waals surface area contributed by atoms with Crippen LogP contribution >= 0.6 is 11.3 Å². The van der Waals surface area contributed by atoms with Crippen LogP contribution in [0.4, 0.5) is 5.69 Å². The third-order valence-corrected chi connectivity index (χ3v) is 4.94. The van der Waals surface area contributed by atoms with Gasteiger partial charge in [0.1, 0.15) is 10.4 Å². The zero-order valence-electron chi connectivity index (χ0n) is 11.4. The van der Waals surface area contributed by atoms with E-state index in [-0.39, 0.29) is 17.7 Å². The van der Waals surface area contributed by atoms with Gasteiger partial charge in [0.2, 0.25) is 5.91 Å². The molecule has 1 aliphatic rings. The fourth-order valence-electron chi connectivity index (χ4n) is 2.64. The van der Waals surface area contributed by atoms with Crippen LogP contribution in [-0.4, -0.2) is 34.8 Å². The summed E-state index contributed by atoms with van der Waals surface area (Å²) in [5.41, 5.74) is 12.5. The first-order valence-electron chi connectivity index (χ1n) is 6.79. The van der Waals surface area contributed by atoms with Crippen molar-refractivity contribution in [2.45, 2.75) is 12.8 Å². The summed E-state index contributed by atoms with van der Waals surface area (Å²) >= 11 is 1.34. The number of pyridine rings is 1. The minimum absolute atomic E-state index is 0.138. The van der Waals surface area contributed by atoms with Crippen molar-refractivity contribution in [1.29, 1.82) is 0 Å². The van der Waals surface area contributed by atoms with Gasteiger partial charge in [-0.25, -0.2) is 0 Å². The maximum absolute atomic E-state index is 12.6. The van der Waals surface area contributed by atoms with Crippen LogP contribution in [0.3, 0.4) is 0 Å². The molecule has 110 valence electrons. The number of fused-ring (bicyclic) bond motifs is 1. The van der Waals surface area contributed by atoms with E-state index >= 15 is 0 Å². The summed E-state index contributed by atoms with van der Waals surface area (Å²) in [5.74, 6) is -0.753. The number of likely N-dealkylation sites (tertiary alicyclic amines) is 1. The fraction of sp³-hybridized carbons (Fsp3) is 0.357. The first kappa shape index (κ1) is 13.8. The maximum Gasteiger partial charge on any atom is 0.266 e. The van der Waals surface area contributed by atoms with Gasteiger partial charge < -0.3 is 16.4 Å². The number of rotatable bonds is 2. The van der Waals surface area contributed by atoms with Crippen LogP contribution in [-0.2, 0) is 4.79 Å². The van der Waals surface area contributed by atoms with E-state index in [0.29, 0.717) is 29.2 Å². The summed E-state index contributed by atoms with van der Waals surface area (Å²) < 4.78 is 0.891. The summed E-state index contributed by atoms with van der Waals surface area (Å²) in [6, 6.07) is 3.71. The van der Waals surface area contributed by atoms with Gasteiger partial charge in [-0.05, 0) is 25.0 Å². The molecule has 4 N–H and O–H groups in total. The number of anilines is 1. The van der Waals surface area contributed by atoms with Crippen LogP contribution in [0.5, 0.6) is 0 Å². The highest BCUT2D eigenvalue weighted by Gasteiger charge is 2.29. The number of nitrogens with two attached hydrogens (primary N) is 2. The molecule has 3 rings (SSSR count). The fourth-order valence-corrected chi connectivity index (χ4v) is 3.69. The molecule has 0 aliphatic carbocycles. The van der Waals surface area contributed by atoms with Crippen LogP contribution in [0.25, 0.3) is 10.2 Å². The second-order valence-corrected chi connectivity index (χ2v) is 6.24. The summed E-state index contributed by atoms with van der Waals surface area (Å²) in [7, 11) is 0. The van der Waals surface area contributed by atoms with E-state index < -0.39 is 0 Å². The van der Waals surface area contributed by atoms with Crippen molar-refractivity contribution in [3.05, 3.63) is 23.2 Å². The second-order valence-electron chi connectivity index (χ2n) is 5.19. The van der Waals surface area contributed by atoms with Gasteiger partial charge in [-0.1, -0.05) is 0 Å². The molecule has 3 heterocycles. The molecule has 7 heteroatoms. The summed E-state index contributed by atoms with van der Waals surface area (Å²) in [6.45, 7) is 0.999. The number of carbonyl (C=O) groups excluding carboxylic acids is 2. The first-order chi connectivity index (χ1) is 10.1. The third kappa shape index (κ3) is 2.44. The molecule has 0 aromatic carbocycles. The van der Waals surface area contributed by atoms with Gasteiger partial charge in [0.15, 0.2) is 0 Å². The molecule has 0 bridgehead atoms. The van der Waals surface area contributed by atoms with Gasteiger partial charge in [-0.2, -0.15) is 0 Å². The summed E-state index contributed by atoms with van der Waals surface area (Å²) in [5, 5.41) is 0. The lowest BCUT2D eigenvalue weighted by molar-refractivity contribution is -0.123. The molecule has 1 atom stereocenters. The third-order valence-electron chi connectivity index (χ3n) is 3.79. The monoisotopic (exact) mass is 304 g/mol. The van der Waals surface area contributed by atoms with Crippen molar-refractivity contribution < 1.29 is 9.59 Å². The Morgan fingerprint density at radius 2 is 2.24 bits per heavy atom. The molecule has 2 amide bonds. The Morgan fingerprint density at radius 1 is 1.43 bits per heavy atom. The number of nitrogen functional groups attached to an aromatic ring is 1. The number of hydrogen-bond acceptors (Lipinski definition) is 5. The van der Waals surface area contributed by atoms with Crippen molar-refractivity contribution in [2.75, 3.05) is 18.8 Å². The van der Waals surface area contributed by atoms with Gasteiger partial charge in [0, 0.05) is 19.3 Å². The Hall–Kier alpha value is -2.15. The molecule has 0 spiro atoms. The highest BCUT2D eigenvalue weighted by Crippen LogP contribution is 2.33. The van der Waals surface area contributed by atoms with Gasteiger partial charge in [-0.3, -0.25) is 14.6 Å². The van der Waals surface area contributed by atoms with Gasteiger partial charge >= 0.3 is 0 Å². The minimum atomic E-state index is -0.349. The summed E-state index contributed by atoms with van der Waals surface area (Å²) in [6.07, 6.45) is 3.18. The van der Waals surface area contributed by atoms with Crippen molar-refractivity contribution in [3.8, 4) is 0 Å². The van der Waals surface area contributed by atoms with Crippen molar-refractivity contribution in [3.63, 3.8) is 0 Å². The molecule has 21 heavy (non-hydrogen) atoms. The SMILES string of the molecule is NC(=O)C1CCCN(C(=O)c2sc3cccnc3c2N)C1. The van der Waals surface area contributed by atoms with E-state index in [4.69, 9.17) is 11.5 Å². The molecule has 0 radical (unpaired) electrons. The highest BCUT2D eigenvalue weighted by atomic mass is 32.1. The molecule has 1 fully saturated rings. The molecular weight excluding hydrogens is 288 g/mol. The Bertz CT molecular complexity index is 712. The molecule has 0 saturated carbocycles. The van der Waals surface area contributed by atoms with Gasteiger partial charge in [0.05, 0.1) is 16.3 Å². The topological polar surface area (TPSA) is 102 Å². The molecule has 2 aromatic heterocycles. The second kappa shape index (κ2) is 5.33. The first-order valence-corrected chi connectivity index (χ1v) is 7.61. The lowest BCUT2D eigenvalue weighted by Crippen LogP contribution is -2.44. The molecular formula is C14H16N4O2S. The smallest absolute Gasteiger partial charge is 0.266 e. The van der Waals surface area contributed by atoms with Crippen molar-refractivity contribution in [2.24, 2.45) is 11.7 Å². The van der Waals surface area contributed by atoms with Crippen LogP contribution in [0.15, 0.2) is 18.3 Å². The Kier molecular flexibility index (Phi) is 3.50. The van der Waals surface area contributed by atoms with Crippen LogP contribution < -0.4 is 11.5 Å². The number of hydrogen-bond donors (Lipinski definition) is 2. The normalized spacial score (nSPS) is 18.9.